The second-order valence-electron chi connectivity index (χ2n) is 4.43. The van der Waals surface area contributed by atoms with Crippen molar-refractivity contribution >= 4 is 53.3 Å². The zero-order valence-electron chi connectivity index (χ0n) is 10.8. The zero-order valence-corrected chi connectivity index (χ0v) is 14.8. The first kappa shape index (κ1) is 16.3. The second-order valence-corrected chi connectivity index (χ2v) is 7.82. The SMILES string of the molecule is Cc1cc(Br)c(NS(=O)(=O)c2cc(N)cc(F)c2)c(Br)c1. The van der Waals surface area contributed by atoms with Crippen LogP contribution in [0.25, 0.3) is 0 Å². The molecule has 0 aliphatic heterocycles. The maximum Gasteiger partial charge on any atom is 0.262 e. The third kappa shape index (κ3) is 3.75. The minimum atomic E-state index is -3.95. The Hall–Kier alpha value is -1.12. The quantitative estimate of drug-likeness (QED) is 0.711. The second kappa shape index (κ2) is 5.94. The van der Waals surface area contributed by atoms with Crippen molar-refractivity contribution in [1.29, 1.82) is 0 Å². The molecule has 0 spiro atoms. The molecule has 0 amide bonds. The maximum absolute atomic E-state index is 13.3. The highest BCUT2D eigenvalue weighted by Crippen LogP contribution is 2.34. The maximum atomic E-state index is 13.3. The van der Waals surface area contributed by atoms with Crippen LogP contribution in [0.15, 0.2) is 44.2 Å². The monoisotopic (exact) mass is 436 g/mol. The van der Waals surface area contributed by atoms with Crippen LogP contribution < -0.4 is 10.5 Å². The van der Waals surface area contributed by atoms with Gasteiger partial charge in [-0.1, -0.05) is 0 Å². The molecule has 0 fully saturated rings. The van der Waals surface area contributed by atoms with Crippen molar-refractivity contribution in [2.24, 2.45) is 0 Å². The molecule has 8 heteroatoms. The number of halogens is 3. The van der Waals surface area contributed by atoms with Gasteiger partial charge in [-0.2, -0.15) is 0 Å². The Morgan fingerprint density at radius 3 is 2.19 bits per heavy atom. The van der Waals surface area contributed by atoms with E-state index >= 15 is 0 Å². The van der Waals surface area contributed by atoms with Gasteiger partial charge in [-0.05, 0) is 74.7 Å². The largest absolute Gasteiger partial charge is 0.399 e. The molecule has 0 aliphatic rings. The van der Waals surface area contributed by atoms with Crippen molar-refractivity contribution in [3.8, 4) is 0 Å². The van der Waals surface area contributed by atoms with Gasteiger partial charge in [0.25, 0.3) is 10.0 Å². The molecular formula is C13H11Br2FN2O2S. The van der Waals surface area contributed by atoms with Gasteiger partial charge in [-0.3, -0.25) is 4.72 Å². The van der Waals surface area contributed by atoms with Gasteiger partial charge in [0.15, 0.2) is 0 Å². The predicted octanol–water partition coefficient (Wildman–Crippen LogP) is 4.04. The number of aryl methyl sites for hydroxylation is 1. The van der Waals surface area contributed by atoms with Crippen LogP contribution >= 0.6 is 31.9 Å². The van der Waals surface area contributed by atoms with Crippen LogP contribution in [0.3, 0.4) is 0 Å². The van der Waals surface area contributed by atoms with Crippen LogP contribution in [0.2, 0.25) is 0 Å². The summed E-state index contributed by atoms with van der Waals surface area (Å²) in [4.78, 5) is -0.237. The van der Waals surface area contributed by atoms with Crippen molar-refractivity contribution in [2.75, 3.05) is 10.5 Å². The standard InChI is InChI=1S/C13H11Br2FN2O2S/c1-7-2-11(14)13(12(15)3-7)18-21(19,20)10-5-8(16)4-9(17)6-10/h2-6,18H,17H2,1H3. The van der Waals surface area contributed by atoms with E-state index in [4.69, 9.17) is 5.73 Å². The Labute approximate surface area is 138 Å². The number of hydrogen-bond acceptors (Lipinski definition) is 3. The summed E-state index contributed by atoms with van der Waals surface area (Å²) < 4.78 is 41.5. The number of nitrogen functional groups attached to an aromatic ring is 1. The third-order valence-corrected chi connectivity index (χ3v) is 5.21. The lowest BCUT2D eigenvalue weighted by atomic mass is 10.2. The Morgan fingerprint density at radius 2 is 1.67 bits per heavy atom. The summed E-state index contributed by atoms with van der Waals surface area (Å²) in [5, 5.41) is 0. The molecule has 0 aromatic heterocycles. The minimum Gasteiger partial charge on any atom is -0.399 e. The molecule has 0 bridgehead atoms. The van der Waals surface area contributed by atoms with E-state index in [2.05, 4.69) is 36.6 Å². The van der Waals surface area contributed by atoms with Crippen molar-refractivity contribution in [2.45, 2.75) is 11.8 Å². The van der Waals surface area contributed by atoms with E-state index in [0.29, 0.717) is 14.6 Å². The number of benzene rings is 2. The van der Waals surface area contributed by atoms with Crippen LogP contribution in [0.1, 0.15) is 5.56 Å². The highest BCUT2D eigenvalue weighted by Gasteiger charge is 2.19. The van der Waals surface area contributed by atoms with E-state index < -0.39 is 15.8 Å². The summed E-state index contributed by atoms with van der Waals surface area (Å²) in [6, 6.07) is 6.69. The fourth-order valence-corrected chi connectivity index (χ4v) is 4.77. The van der Waals surface area contributed by atoms with E-state index in [1.165, 1.54) is 6.07 Å². The van der Waals surface area contributed by atoms with Gasteiger partial charge in [0.05, 0.1) is 10.6 Å². The van der Waals surface area contributed by atoms with Gasteiger partial charge >= 0.3 is 0 Å². The summed E-state index contributed by atoms with van der Waals surface area (Å²) in [5.74, 6) is -0.711. The summed E-state index contributed by atoms with van der Waals surface area (Å²) in [6.45, 7) is 1.88. The van der Waals surface area contributed by atoms with Gasteiger partial charge in [0.1, 0.15) is 5.82 Å². The topological polar surface area (TPSA) is 72.2 Å². The molecule has 21 heavy (non-hydrogen) atoms. The van der Waals surface area contributed by atoms with Crippen molar-refractivity contribution in [1.82, 2.24) is 0 Å². The summed E-state index contributed by atoms with van der Waals surface area (Å²) in [7, 11) is -3.95. The first-order valence-corrected chi connectivity index (χ1v) is 8.80. The Morgan fingerprint density at radius 1 is 1.10 bits per heavy atom. The average Bonchev–Trinajstić information content (AvgIpc) is 2.32. The van der Waals surface area contributed by atoms with E-state index in [0.717, 1.165) is 17.7 Å². The fraction of sp³-hybridized carbons (Fsp3) is 0.0769. The van der Waals surface area contributed by atoms with Gasteiger partial charge in [-0.25, -0.2) is 12.8 Å². The molecule has 4 nitrogen and oxygen atoms in total. The molecule has 3 N–H and O–H groups in total. The first-order chi connectivity index (χ1) is 9.69. The molecule has 2 aromatic carbocycles. The molecule has 0 heterocycles. The minimum absolute atomic E-state index is 0.0393. The number of hydrogen-bond donors (Lipinski definition) is 2. The normalized spacial score (nSPS) is 11.4. The molecular weight excluding hydrogens is 427 g/mol. The van der Waals surface area contributed by atoms with E-state index in [1.54, 1.807) is 12.1 Å². The lowest BCUT2D eigenvalue weighted by Gasteiger charge is -2.13. The average molecular weight is 438 g/mol. The van der Waals surface area contributed by atoms with Crippen LogP contribution in [0.5, 0.6) is 0 Å². The first-order valence-electron chi connectivity index (χ1n) is 5.73. The van der Waals surface area contributed by atoms with Gasteiger partial charge < -0.3 is 5.73 Å². The van der Waals surface area contributed by atoms with E-state index in [-0.39, 0.29) is 10.6 Å². The Kier molecular flexibility index (Phi) is 4.60. The molecule has 0 atom stereocenters. The van der Waals surface area contributed by atoms with E-state index in [1.807, 2.05) is 6.92 Å². The third-order valence-electron chi connectivity index (χ3n) is 2.63. The molecule has 112 valence electrons. The smallest absolute Gasteiger partial charge is 0.262 e. The number of nitrogens with one attached hydrogen (secondary N) is 1. The van der Waals surface area contributed by atoms with Crippen LogP contribution in [-0.4, -0.2) is 8.42 Å². The molecule has 2 rings (SSSR count). The molecule has 0 aliphatic carbocycles. The van der Waals surface area contributed by atoms with Gasteiger partial charge in [0, 0.05) is 14.6 Å². The highest BCUT2D eigenvalue weighted by atomic mass is 79.9. The van der Waals surface area contributed by atoms with Crippen molar-refractivity contribution in [3.05, 3.63) is 50.7 Å². The number of sulfonamides is 1. The highest BCUT2D eigenvalue weighted by molar-refractivity contribution is 9.11. The summed E-state index contributed by atoms with van der Waals surface area (Å²) in [6.07, 6.45) is 0. The molecule has 0 saturated heterocycles. The number of anilines is 2. The van der Waals surface area contributed by atoms with Crippen LogP contribution in [-0.2, 0) is 10.0 Å². The lowest BCUT2D eigenvalue weighted by Crippen LogP contribution is -2.14. The summed E-state index contributed by atoms with van der Waals surface area (Å²) in [5.41, 5.74) is 6.80. The predicted molar refractivity (Wildman–Crippen MR) is 88.2 cm³/mol. The lowest BCUT2D eigenvalue weighted by molar-refractivity contribution is 0.595. The zero-order chi connectivity index (χ0) is 15.8. The Bertz CT molecular complexity index is 767. The van der Waals surface area contributed by atoms with Crippen molar-refractivity contribution < 1.29 is 12.8 Å². The van der Waals surface area contributed by atoms with Crippen LogP contribution in [0.4, 0.5) is 15.8 Å². The molecule has 0 unspecified atom stereocenters. The van der Waals surface area contributed by atoms with Crippen LogP contribution in [0, 0.1) is 12.7 Å². The molecule has 0 radical (unpaired) electrons. The number of rotatable bonds is 3. The summed E-state index contributed by atoms with van der Waals surface area (Å²) >= 11 is 6.59. The van der Waals surface area contributed by atoms with Gasteiger partial charge in [-0.15, -0.1) is 0 Å². The van der Waals surface area contributed by atoms with E-state index in [9.17, 15) is 12.8 Å². The fourth-order valence-electron chi connectivity index (χ4n) is 1.73. The molecule has 2 aromatic rings. The van der Waals surface area contributed by atoms with Crippen molar-refractivity contribution in [3.63, 3.8) is 0 Å². The Balaban J connectivity index is 2.47. The number of nitrogens with two attached hydrogens (primary N) is 1. The van der Waals surface area contributed by atoms with Gasteiger partial charge in [0.2, 0.25) is 0 Å². The molecule has 0 saturated carbocycles.